The Bertz CT molecular complexity index is 1800. The highest BCUT2D eigenvalue weighted by molar-refractivity contribution is 7.92. The first-order valence-corrected chi connectivity index (χ1v) is 14.0. The van der Waals surface area contributed by atoms with Crippen LogP contribution in [0.1, 0.15) is 0 Å². The molecule has 226 valence electrons. The molecule has 1 fully saturated rings. The number of benzene rings is 2. The molecule has 0 saturated carbocycles. The molecular formula is C27H22F5N5O5S. The third-order valence-electron chi connectivity index (χ3n) is 6.52. The molecule has 3 heterocycles. The lowest BCUT2D eigenvalue weighted by molar-refractivity contribution is -0.199. The van der Waals surface area contributed by atoms with Crippen molar-refractivity contribution in [2.45, 2.75) is 11.1 Å². The molecule has 4 aromatic rings. The molecule has 0 aliphatic carbocycles. The standard InChI is InChI=1S/C27H22F5N5O5S/c1-41-25-23(37(42-26(38)27(30,31)32)43(39,40)24-5-3-18(28)14-20(24)29)13-17(15-35-25)16-2-4-21-19(12-16)22(6-7-34-21)36-10-8-33-9-11-36/h2-7,12-15,33H,8-11H2,1H3. The molecule has 16 heteroatoms. The van der Waals surface area contributed by atoms with Crippen LogP contribution in [0.3, 0.4) is 0 Å². The highest BCUT2D eigenvalue weighted by atomic mass is 32.2. The van der Waals surface area contributed by atoms with Crippen LogP contribution in [-0.2, 0) is 19.7 Å². The minimum atomic E-state index is -5.64. The van der Waals surface area contributed by atoms with Crippen LogP contribution in [0.15, 0.2) is 65.8 Å². The summed E-state index contributed by atoms with van der Waals surface area (Å²) in [7, 11) is -4.39. The molecular weight excluding hydrogens is 601 g/mol. The van der Waals surface area contributed by atoms with Gasteiger partial charge in [0.25, 0.3) is 10.0 Å². The molecule has 0 atom stereocenters. The van der Waals surface area contributed by atoms with Crippen molar-refractivity contribution in [2.24, 2.45) is 0 Å². The molecule has 2 aromatic carbocycles. The van der Waals surface area contributed by atoms with Crippen molar-refractivity contribution in [3.63, 3.8) is 0 Å². The molecule has 1 aliphatic rings. The minimum absolute atomic E-state index is 0.177. The maximum absolute atomic E-state index is 14.6. The van der Waals surface area contributed by atoms with Gasteiger partial charge in [-0.15, -0.1) is 0 Å². The third-order valence-corrected chi connectivity index (χ3v) is 8.11. The first-order chi connectivity index (χ1) is 20.4. The van der Waals surface area contributed by atoms with Gasteiger partial charge in [-0.3, -0.25) is 4.98 Å². The summed E-state index contributed by atoms with van der Waals surface area (Å²) in [6.07, 6.45) is -2.71. The number of alkyl halides is 3. The van der Waals surface area contributed by atoms with Crippen molar-refractivity contribution >= 4 is 38.3 Å². The van der Waals surface area contributed by atoms with Gasteiger partial charge in [0, 0.05) is 61.3 Å². The SMILES string of the molecule is COc1ncc(-c2ccc3nccc(N4CCNCC4)c3c2)cc1N(OC(=O)C(F)(F)F)S(=O)(=O)c1ccc(F)cc1F. The monoisotopic (exact) mass is 623 g/mol. The summed E-state index contributed by atoms with van der Waals surface area (Å²) >= 11 is 0. The quantitative estimate of drug-likeness (QED) is 0.239. The van der Waals surface area contributed by atoms with E-state index in [4.69, 9.17) is 4.74 Å². The van der Waals surface area contributed by atoms with Gasteiger partial charge in [-0.05, 0) is 42.0 Å². The lowest BCUT2D eigenvalue weighted by atomic mass is 10.0. The number of nitrogens with zero attached hydrogens (tertiary/aromatic N) is 4. The first-order valence-electron chi connectivity index (χ1n) is 12.6. The van der Waals surface area contributed by atoms with E-state index in [9.17, 15) is 35.2 Å². The van der Waals surface area contributed by atoms with Gasteiger partial charge in [-0.2, -0.15) is 21.6 Å². The number of piperazine rings is 1. The fourth-order valence-corrected chi connectivity index (χ4v) is 5.79. The average molecular weight is 624 g/mol. The van der Waals surface area contributed by atoms with E-state index in [1.54, 1.807) is 24.4 Å². The molecule has 43 heavy (non-hydrogen) atoms. The predicted octanol–water partition coefficient (Wildman–Crippen LogP) is 4.21. The second-order valence-corrected chi connectivity index (χ2v) is 11.0. The Morgan fingerprint density at radius 2 is 1.74 bits per heavy atom. The number of carbonyl (C=O) groups is 1. The van der Waals surface area contributed by atoms with E-state index in [1.165, 1.54) is 6.20 Å². The number of pyridine rings is 2. The Morgan fingerprint density at radius 1 is 1.00 bits per heavy atom. The Labute approximate surface area is 241 Å². The van der Waals surface area contributed by atoms with Crippen LogP contribution in [-0.4, -0.2) is 63.8 Å². The summed E-state index contributed by atoms with van der Waals surface area (Å²) in [6.45, 7) is 3.00. The maximum Gasteiger partial charge on any atom is 0.493 e. The normalized spacial score (nSPS) is 14.0. The van der Waals surface area contributed by atoms with Crippen LogP contribution in [0.4, 0.5) is 33.3 Å². The number of nitrogens with one attached hydrogen (secondary N) is 1. The molecule has 1 aliphatic heterocycles. The van der Waals surface area contributed by atoms with Crippen molar-refractivity contribution in [1.29, 1.82) is 0 Å². The van der Waals surface area contributed by atoms with Crippen LogP contribution in [0.2, 0.25) is 0 Å². The van der Waals surface area contributed by atoms with E-state index in [-0.39, 0.29) is 11.6 Å². The third kappa shape index (κ3) is 6.01. The number of methoxy groups -OCH3 is 1. The number of sulfonamides is 1. The number of hydrogen-bond acceptors (Lipinski definition) is 9. The second kappa shape index (κ2) is 11.6. The first kappa shape index (κ1) is 29.9. The van der Waals surface area contributed by atoms with Gasteiger partial charge in [-0.25, -0.2) is 18.6 Å². The van der Waals surface area contributed by atoms with Crippen LogP contribution < -0.4 is 19.4 Å². The molecule has 2 aromatic heterocycles. The maximum atomic E-state index is 14.6. The highest BCUT2D eigenvalue weighted by Crippen LogP contribution is 2.38. The summed E-state index contributed by atoms with van der Waals surface area (Å²) in [5.74, 6) is -6.29. The van der Waals surface area contributed by atoms with Crippen LogP contribution in [0, 0.1) is 11.6 Å². The predicted molar refractivity (Wildman–Crippen MR) is 145 cm³/mol. The Hall–Kier alpha value is -4.57. The van der Waals surface area contributed by atoms with Crippen molar-refractivity contribution in [3.05, 3.63) is 72.6 Å². The van der Waals surface area contributed by atoms with E-state index in [0.29, 0.717) is 23.2 Å². The van der Waals surface area contributed by atoms with Gasteiger partial charge < -0.3 is 19.8 Å². The van der Waals surface area contributed by atoms with Gasteiger partial charge in [0.05, 0.1) is 12.6 Å². The zero-order valence-corrected chi connectivity index (χ0v) is 23.0. The van der Waals surface area contributed by atoms with Crippen molar-refractivity contribution in [1.82, 2.24) is 15.3 Å². The summed E-state index contributed by atoms with van der Waals surface area (Å²) in [6, 6.07) is 9.23. The molecule has 0 unspecified atom stereocenters. The van der Waals surface area contributed by atoms with Gasteiger partial charge >= 0.3 is 12.1 Å². The van der Waals surface area contributed by atoms with E-state index in [2.05, 4.69) is 25.0 Å². The number of aromatic nitrogens is 2. The number of ether oxygens (including phenoxy) is 1. The molecule has 0 radical (unpaired) electrons. The zero-order chi connectivity index (χ0) is 30.9. The molecule has 0 bridgehead atoms. The van der Waals surface area contributed by atoms with Gasteiger partial charge in [-0.1, -0.05) is 10.5 Å². The molecule has 10 nitrogen and oxygen atoms in total. The van der Waals surface area contributed by atoms with E-state index in [1.807, 2.05) is 6.07 Å². The lowest BCUT2D eigenvalue weighted by Crippen LogP contribution is -2.43. The highest BCUT2D eigenvalue weighted by Gasteiger charge is 2.46. The largest absolute Gasteiger partial charge is 0.493 e. The topological polar surface area (TPSA) is 114 Å². The summed E-state index contributed by atoms with van der Waals surface area (Å²) < 4.78 is 99.3. The van der Waals surface area contributed by atoms with Crippen molar-refractivity contribution < 1.29 is 44.7 Å². The smallest absolute Gasteiger partial charge is 0.479 e. The second-order valence-electron chi connectivity index (χ2n) is 9.23. The summed E-state index contributed by atoms with van der Waals surface area (Å²) in [5, 5.41) is 4.01. The van der Waals surface area contributed by atoms with Crippen LogP contribution >= 0.6 is 0 Å². The van der Waals surface area contributed by atoms with Gasteiger partial charge in [0.1, 0.15) is 16.5 Å². The molecule has 1 N–H and O–H groups in total. The lowest BCUT2D eigenvalue weighted by Gasteiger charge is -2.30. The van der Waals surface area contributed by atoms with Gasteiger partial charge in [0.15, 0.2) is 5.69 Å². The summed E-state index contributed by atoms with van der Waals surface area (Å²) in [5.41, 5.74) is 1.37. The van der Waals surface area contributed by atoms with Crippen molar-refractivity contribution in [3.8, 4) is 17.0 Å². The summed E-state index contributed by atoms with van der Waals surface area (Å²) in [4.78, 5) is 25.4. The fourth-order valence-electron chi connectivity index (χ4n) is 4.51. The van der Waals surface area contributed by atoms with E-state index >= 15 is 0 Å². The molecule has 1 saturated heterocycles. The molecule has 0 spiro atoms. The van der Waals surface area contributed by atoms with Crippen LogP contribution in [0.5, 0.6) is 5.88 Å². The van der Waals surface area contributed by atoms with Crippen LogP contribution in [0.25, 0.3) is 22.0 Å². The van der Waals surface area contributed by atoms with Gasteiger partial charge in [0.2, 0.25) is 5.88 Å². The minimum Gasteiger partial charge on any atom is -0.479 e. The number of carbonyl (C=O) groups excluding carboxylic acids is 1. The Morgan fingerprint density at radius 3 is 2.42 bits per heavy atom. The zero-order valence-electron chi connectivity index (χ0n) is 22.2. The number of hydrogen-bond donors (Lipinski definition) is 1. The molecule has 5 rings (SSSR count). The Kier molecular flexibility index (Phi) is 8.07. The number of halogens is 5. The van der Waals surface area contributed by atoms with Crippen molar-refractivity contribution in [2.75, 3.05) is 42.7 Å². The fraction of sp³-hybridized carbons (Fsp3) is 0.222. The molecule has 0 amide bonds. The number of rotatable bonds is 7. The number of anilines is 2. The number of fused-ring (bicyclic) bond motifs is 1. The van der Waals surface area contributed by atoms with E-state index in [0.717, 1.165) is 50.4 Å². The van der Waals surface area contributed by atoms with E-state index < -0.39 is 54.7 Å². The average Bonchev–Trinajstić information content (AvgIpc) is 2.98. The Balaban J connectivity index is 1.66.